The van der Waals surface area contributed by atoms with E-state index in [1.54, 1.807) is 12.1 Å². The minimum atomic E-state index is -4.58. The summed E-state index contributed by atoms with van der Waals surface area (Å²) in [7, 11) is 2.87. The monoisotopic (exact) mass is 620 g/mol. The molecule has 1 aromatic heterocycles. The van der Waals surface area contributed by atoms with Crippen LogP contribution in [0.15, 0.2) is 70.4 Å². The Hall–Kier alpha value is -3.43. The first-order valence-corrected chi connectivity index (χ1v) is 14.6. The molecule has 41 heavy (non-hydrogen) atoms. The maximum Gasteiger partial charge on any atom is 0.478 e. The summed E-state index contributed by atoms with van der Waals surface area (Å²) < 4.78 is 89.7. The first kappa shape index (κ1) is 30.5. The van der Waals surface area contributed by atoms with Crippen molar-refractivity contribution in [2.45, 2.75) is 30.5 Å². The predicted molar refractivity (Wildman–Crippen MR) is 139 cm³/mol. The van der Waals surface area contributed by atoms with Crippen molar-refractivity contribution in [2.75, 3.05) is 20.8 Å². The molecule has 0 saturated carbocycles. The Morgan fingerprint density at radius 1 is 1.02 bits per heavy atom. The van der Waals surface area contributed by atoms with Gasteiger partial charge in [0.05, 0.1) is 20.8 Å². The molecule has 2 aromatic carbocycles. The third-order valence-corrected chi connectivity index (χ3v) is 8.56. The van der Waals surface area contributed by atoms with Gasteiger partial charge in [-0.25, -0.2) is 22.5 Å². The number of hydrogen-bond acceptors (Lipinski definition) is 11. The molecule has 0 spiro atoms. The van der Waals surface area contributed by atoms with Gasteiger partial charge in [0.1, 0.15) is 29.1 Å². The van der Waals surface area contributed by atoms with Gasteiger partial charge in [-0.3, -0.25) is 18.9 Å². The van der Waals surface area contributed by atoms with Gasteiger partial charge >= 0.3 is 12.5 Å². The summed E-state index contributed by atoms with van der Waals surface area (Å²) in [6, 6.07) is 12.5. The van der Waals surface area contributed by atoms with Gasteiger partial charge in [0, 0.05) is 12.3 Å². The number of H-pyrrole nitrogens is 1. The zero-order valence-corrected chi connectivity index (χ0v) is 23.1. The quantitative estimate of drug-likeness (QED) is 0.226. The molecule has 17 heteroatoms. The van der Waals surface area contributed by atoms with E-state index < -0.39 is 55.2 Å². The van der Waals surface area contributed by atoms with E-state index >= 15 is 4.39 Å². The summed E-state index contributed by atoms with van der Waals surface area (Å²) in [4.78, 5) is 25.4. The second kappa shape index (κ2) is 12.6. The van der Waals surface area contributed by atoms with Crippen LogP contribution in [0.25, 0.3) is 0 Å². The first-order chi connectivity index (χ1) is 19.5. The molecule has 3 aromatic rings. The van der Waals surface area contributed by atoms with Gasteiger partial charge in [-0.2, -0.15) is 0 Å². The molecular formula is C24H24F3N2O10PS. The lowest BCUT2D eigenvalue weighted by molar-refractivity contribution is -0.192. The van der Waals surface area contributed by atoms with Gasteiger partial charge in [0.15, 0.2) is 29.7 Å². The molecule has 0 amide bonds. The van der Waals surface area contributed by atoms with E-state index in [9.17, 15) is 28.0 Å². The highest BCUT2D eigenvalue weighted by molar-refractivity contribution is 8.52. The Labute approximate surface area is 234 Å². The van der Waals surface area contributed by atoms with Crippen molar-refractivity contribution in [3.63, 3.8) is 0 Å². The molecule has 1 fully saturated rings. The minimum Gasteiger partial charge on any atom is -0.497 e. The number of aliphatic hydroxyl groups is 1. The maximum absolute atomic E-state index is 15.1. The van der Waals surface area contributed by atoms with E-state index in [1.807, 2.05) is 4.98 Å². The van der Waals surface area contributed by atoms with Crippen molar-refractivity contribution in [3.8, 4) is 23.0 Å². The number of methoxy groups -OCH3 is 2. The van der Waals surface area contributed by atoms with Crippen LogP contribution in [0.2, 0.25) is 0 Å². The Kier molecular flexibility index (Phi) is 9.39. The molecule has 0 radical (unpaired) electrons. The number of benzene rings is 2. The Morgan fingerprint density at radius 3 is 2.12 bits per heavy atom. The summed E-state index contributed by atoms with van der Waals surface area (Å²) >= 11 is 0.161. The third-order valence-electron chi connectivity index (χ3n) is 5.92. The summed E-state index contributed by atoms with van der Waals surface area (Å²) in [5.74, 6) is 1.08. The summed E-state index contributed by atoms with van der Waals surface area (Å²) in [6.45, 7) is -5.93. The van der Waals surface area contributed by atoms with E-state index in [1.165, 1.54) is 50.6 Å². The van der Waals surface area contributed by atoms with E-state index in [0.717, 1.165) is 12.3 Å². The maximum atomic E-state index is 15.1. The number of alkyl halides is 3. The van der Waals surface area contributed by atoms with Crippen LogP contribution in [-0.4, -0.2) is 59.8 Å². The van der Waals surface area contributed by atoms with Gasteiger partial charge in [0.25, 0.3) is 12.0 Å². The highest BCUT2D eigenvalue weighted by Gasteiger charge is 2.62. The van der Waals surface area contributed by atoms with E-state index in [-0.39, 0.29) is 23.2 Å². The average Bonchev–Trinajstić information content (AvgIpc) is 3.22. The average molecular weight is 620 g/mol. The van der Waals surface area contributed by atoms with Crippen molar-refractivity contribution in [2.24, 2.45) is 0 Å². The molecule has 1 unspecified atom stereocenters. The van der Waals surface area contributed by atoms with Crippen LogP contribution >= 0.6 is 18.5 Å². The molecular weight excluding hydrogens is 596 g/mol. The second-order valence-corrected chi connectivity index (χ2v) is 11.9. The smallest absolute Gasteiger partial charge is 0.478 e. The number of ether oxygens (including phenoxy) is 3. The van der Waals surface area contributed by atoms with Gasteiger partial charge < -0.3 is 28.0 Å². The standard InChI is InChI=1S/C24H24F3N2O10PS/c1-34-14-3-7-16(8-4-14)38-40(33,41-39-17-9-5-15(35-2)6-10-17)36-13-24(22(26)27)20(31)19(25)21(37-24)29-12-11-18(30)28-23(29)32/h3-12,19-22,31H,13H2,1-2H3,(H,28,30,32)/t19-,20+,21-,24-,40?/m1/s1. The molecule has 1 saturated heterocycles. The van der Waals surface area contributed by atoms with E-state index in [4.69, 9.17) is 27.4 Å². The van der Waals surface area contributed by atoms with Gasteiger partial charge in [-0.15, -0.1) is 0 Å². The van der Waals surface area contributed by atoms with Crippen molar-refractivity contribution < 1.29 is 50.3 Å². The SMILES string of the molecule is COc1ccc(OSP(=O)(OC[C@@]2(C(F)F)O[C@@H](n3ccc(=O)[nH]c3=O)[C@H](F)[C@@H]2O)Oc2ccc(OC)cc2)cc1. The number of hydrogen-bond donors (Lipinski definition) is 2. The van der Waals surface area contributed by atoms with Crippen molar-refractivity contribution in [1.29, 1.82) is 0 Å². The van der Waals surface area contributed by atoms with Gasteiger partial charge in [0.2, 0.25) is 0 Å². The number of aliphatic hydroxyl groups excluding tert-OH is 1. The largest absolute Gasteiger partial charge is 0.497 e. The third kappa shape index (κ3) is 6.73. The summed E-state index contributed by atoms with van der Waals surface area (Å²) in [5, 5.41) is 10.5. The van der Waals surface area contributed by atoms with Crippen molar-refractivity contribution >= 4 is 18.5 Å². The Morgan fingerprint density at radius 2 is 1.59 bits per heavy atom. The van der Waals surface area contributed by atoms with E-state index in [0.29, 0.717) is 16.1 Å². The fourth-order valence-electron chi connectivity index (χ4n) is 3.71. The first-order valence-electron chi connectivity index (χ1n) is 11.7. The van der Waals surface area contributed by atoms with Crippen molar-refractivity contribution in [3.05, 3.63) is 81.6 Å². The van der Waals surface area contributed by atoms with Crippen LogP contribution < -0.4 is 29.4 Å². The van der Waals surface area contributed by atoms with Crippen LogP contribution in [0, 0.1) is 0 Å². The van der Waals surface area contributed by atoms with Crippen LogP contribution in [0.4, 0.5) is 13.2 Å². The fourth-order valence-corrected chi connectivity index (χ4v) is 6.04. The van der Waals surface area contributed by atoms with Crippen molar-refractivity contribution in [1.82, 2.24) is 9.55 Å². The number of nitrogens with zero attached hydrogens (tertiary/aromatic N) is 1. The number of aromatic nitrogens is 2. The lowest BCUT2D eigenvalue weighted by Crippen LogP contribution is -2.52. The highest BCUT2D eigenvalue weighted by atomic mass is 32.7. The molecule has 0 aliphatic carbocycles. The van der Waals surface area contributed by atoms with Gasteiger partial charge in [-0.05, 0) is 48.5 Å². The topological polar surface area (TPSA) is 148 Å². The second-order valence-electron chi connectivity index (χ2n) is 8.49. The minimum absolute atomic E-state index is 0.0278. The van der Waals surface area contributed by atoms with E-state index in [2.05, 4.69) is 0 Å². The van der Waals surface area contributed by atoms with Crippen LogP contribution in [0.3, 0.4) is 0 Å². The molecule has 4 rings (SSSR count). The molecule has 222 valence electrons. The van der Waals surface area contributed by atoms with Crippen LogP contribution in [0.5, 0.6) is 23.0 Å². The zero-order valence-electron chi connectivity index (χ0n) is 21.3. The molecule has 0 bridgehead atoms. The Bertz CT molecular complexity index is 1490. The molecule has 5 atom stereocenters. The zero-order chi connectivity index (χ0) is 29.8. The molecule has 2 N–H and O–H groups in total. The number of rotatable bonds is 12. The molecule has 1 aliphatic rings. The normalized spacial score (nSPS) is 23.6. The van der Waals surface area contributed by atoms with Crippen LogP contribution in [0.1, 0.15) is 6.23 Å². The number of nitrogens with one attached hydrogen (secondary N) is 1. The number of aromatic amines is 1. The lowest BCUT2D eigenvalue weighted by Gasteiger charge is -2.31. The van der Waals surface area contributed by atoms with Crippen LogP contribution in [-0.2, 0) is 13.8 Å². The summed E-state index contributed by atoms with van der Waals surface area (Å²) in [5.41, 5.74) is -5.09. The molecule has 12 nitrogen and oxygen atoms in total. The predicted octanol–water partition coefficient (Wildman–Crippen LogP) is 3.72. The molecule has 2 heterocycles. The highest BCUT2D eigenvalue weighted by Crippen LogP contribution is 2.61. The molecule has 1 aliphatic heterocycles. The lowest BCUT2D eigenvalue weighted by atomic mass is 9.97. The number of halogens is 3. The fraction of sp³-hybridized carbons (Fsp3) is 0.333. The van der Waals surface area contributed by atoms with Gasteiger partial charge in [-0.1, -0.05) is 0 Å². The Balaban J connectivity index is 1.60. The summed E-state index contributed by atoms with van der Waals surface area (Å²) in [6.07, 6.45) is -9.96.